The second kappa shape index (κ2) is 16.1. The number of carbonyl (C=O) groups excluding carboxylic acids is 2. The Kier molecular flexibility index (Phi) is 11.4. The third kappa shape index (κ3) is 8.44. The van der Waals surface area contributed by atoms with E-state index in [1.165, 1.54) is 26.6 Å². The highest BCUT2D eigenvalue weighted by atomic mass is 35.5. The number of aromatic nitrogens is 1. The van der Waals surface area contributed by atoms with E-state index < -0.39 is 18.1 Å². The van der Waals surface area contributed by atoms with Crippen LogP contribution in [0.25, 0.3) is 0 Å². The first-order chi connectivity index (χ1) is 24.6. The molecule has 3 aliphatic rings. The van der Waals surface area contributed by atoms with Crippen molar-refractivity contribution < 1.29 is 38.0 Å². The van der Waals surface area contributed by atoms with Crippen molar-refractivity contribution in [2.24, 2.45) is 5.92 Å². The van der Waals surface area contributed by atoms with E-state index >= 15 is 0 Å². The number of halogens is 2. The van der Waals surface area contributed by atoms with Crippen LogP contribution >= 0.6 is 23.2 Å². The fourth-order valence-electron chi connectivity index (χ4n) is 6.59. The van der Waals surface area contributed by atoms with Gasteiger partial charge in [-0.2, -0.15) is 4.73 Å². The van der Waals surface area contributed by atoms with Gasteiger partial charge in [0.15, 0.2) is 29.9 Å². The predicted molar refractivity (Wildman–Crippen MR) is 192 cm³/mol. The summed E-state index contributed by atoms with van der Waals surface area (Å²) in [6.07, 6.45) is 3.48. The third-order valence-corrected chi connectivity index (χ3v) is 10.1. The highest BCUT2D eigenvalue weighted by Gasteiger charge is 2.38. The monoisotopic (exact) mass is 735 g/mol. The molecule has 0 amide bonds. The molecule has 3 saturated heterocycles. The lowest BCUT2D eigenvalue weighted by molar-refractivity contribution is -0.605. The Labute approximate surface area is 306 Å². The number of pyridine rings is 1. The fraction of sp³-hybridized carbons (Fsp3) is 0.342. The number of fused-ring (bicyclic) bond motifs is 3. The summed E-state index contributed by atoms with van der Waals surface area (Å²) >= 11 is 12.8. The molecule has 4 heterocycles. The number of hydrogen-bond donors (Lipinski definition) is 1. The molecule has 11 nitrogen and oxygen atoms in total. The molecular weight excluding hydrogens is 697 g/mol. The molecule has 0 saturated carbocycles. The molecule has 1 N–H and O–H groups in total. The number of carbonyl (C=O) groups is 2. The van der Waals surface area contributed by atoms with Gasteiger partial charge in [0.25, 0.3) is 0 Å². The zero-order chi connectivity index (χ0) is 36.1. The number of benzene rings is 3. The molecule has 0 radical (unpaired) electrons. The SMILES string of the molecule is COc1ccc(C(Nc2ccc(C(=O)OC(Cc3c(Cl)c[n+]([O-])cc3Cl)c3ccc(OC)c(OC)c3)cc2)C(=O)O[C@H]2CN3CCC2CC3)cc1. The maximum absolute atomic E-state index is 13.7. The second-order valence-corrected chi connectivity index (χ2v) is 13.4. The highest BCUT2D eigenvalue weighted by Crippen LogP contribution is 2.36. The number of piperidine rings is 3. The zero-order valence-electron chi connectivity index (χ0n) is 28.5. The van der Waals surface area contributed by atoms with E-state index in [0.717, 1.165) is 32.5 Å². The minimum absolute atomic E-state index is 0.0740. The molecule has 3 fully saturated rings. The molecule has 1 aromatic heterocycles. The fourth-order valence-corrected chi connectivity index (χ4v) is 7.19. The van der Waals surface area contributed by atoms with Crippen LogP contribution in [-0.4, -0.2) is 63.9 Å². The Morgan fingerprint density at radius 2 is 1.53 bits per heavy atom. The minimum Gasteiger partial charge on any atom is -0.619 e. The lowest BCUT2D eigenvalue weighted by Gasteiger charge is -2.44. The minimum atomic E-state index is -0.867. The van der Waals surface area contributed by atoms with Gasteiger partial charge in [-0.15, -0.1) is 0 Å². The number of methoxy groups -OCH3 is 3. The average molecular weight is 737 g/mol. The van der Waals surface area contributed by atoms with E-state index in [0.29, 0.717) is 50.3 Å². The van der Waals surface area contributed by atoms with Gasteiger partial charge in [0.1, 0.15) is 28.0 Å². The van der Waals surface area contributed by atoms with Crippen LogP contribution in [0.1, 0.15) is 52.0 Å². The Bertz CT molecular complexity index is 1830. The second-order valence-electron chi connectivity index (χ2n) is 12.5. The maximum Gasteiger partial charge on any atom is 0.338 e. The van der Waals surface area contributed by atoms with E-state index in [2.05, 4.69) is 10.2 Å². The van der Waals surface area contributed by atoms with Crippen molar-refractivity contribution in [3.63, 3.8) is 0 Å². The zero-order valence-corrected chi connectivity index (χ0v) is 30.0. The molecule has 13 heteroatoms. The van der Waals surface area contributed by atoms with Gasteiger partial charge in [-0.25, -0.2) is 9.59 Å². The van der Waals surface area contributed by atoms with Crippen molar-refractivity contribution in [1.82, 2.24) is 4.90 Å². The molecule has 4 aromatic rings. The van der Waals surface area contributed by atoms with Gasteiger partial charge in [0.2, 0.25) is 0 Å². The molecule has 3 atom stereocenters. The summed E-state index contributed by atoms with van der Waals surface area (Å²) in [6.45, 7) is 2.82. The van der Waals surface area contributed by atoms with Crippen molar-refractivity contribution in [2.45, 2.75) is 37.5 Å². The van der Waals surface area contributed by atoms with Crippen LogP contribution in [-0.2, 0) is 20.7 Å². The molecule has 51 heavy (non-hydrogen) atoms. The van der Waals surface area contributed by atoms with E-state index in [4.69, 9.17) is 46.9 Å². The number of hydrogen-bond acceptors (Lipinski definition) is 10. The summed E-state index contributed by atoms with van der Waals surface area (Å²) in [5.74, 6) is 0.979. The first-order valence-electron chi connectivity index (χ1n) is 16.6. The Hall–Kier alpha value is -4.71. The lowest BCUT2D eigenvalue weighted by atomic mass is 9.86. The van der Waals surface area contributed by atoms with Crippen molar-refractivity contribution in [3.05, 3.63) is 117 Å². The maximum atomic E-state index is 13.7. The summed E-state index contributed by atoms with van der Waals surface area (Å²) in [5, 5.41) is 15.5. The number of esters is 2. The Balaban J connectivity index is 1.22. The molecule has 7 rings (SSSR count). The summed E-state index contributed by atoms with van der Waals surface area (Å²) in [4.78, 5) is 29.7. The molecule has 0 aliphatic carbocycles. The van der Waals surface area contributed by atoms with Crippen LogP contribution in [0, 0.1) is 11.1 Å². The topological polar surface area (TPSA) is 122 Å². The molecule has 268 valence electrons. The molecule has 2 unspecified atom stereocenters. The first kappa shape index (κ1) is 36.1. The third-order valence-electron chi connectivity index (χ3n) is 9.46. The smallest absolute Gasteiger partial charge is 0.338 e. The van der Waals surface area contributed by atoms with Crippen LogP contribution in [0.2, 0.25) is 10.0 Å². The summed E-state index contributed by atoms with van der Waals surface area (Å²) in [6, 6.07) is 18.3. The van der Waals surface area contributed by atoms with E-state index in [1.807, 2.05) is 12.1 Å². The van der Waals surface area contributed by atoms with Gasteiger partial charge in [0, 0.05) is 24.2 Å². The molecule has 0 spiro atoms. The Morgan fingerprint density at radius 3 is 2.12 bits per heavy atom. The average Bonchev–Trinajstić information content (AvgIpc) is 3.15. The van der Waals surface area contributed by atoms with Gasteiger partial charge in [-0.3, -0.25) is 4.90 Å². The van der Waals surface area contributed by atoms with E-state index in [-0.39, 0.29) is 34.1 Å². The van der Waals surface area contributed by atoms with Crippen LogP contribution < -0.4 is 24.3 Å². The van der Waals surface area contributed by atoms with Crippen LogP contribution in [0.3, 0.4) is 0 Å². The van der Waals surface area contributed by atoms with Gasteiger partial charge < -0.3 is 34.2 Å². The van der Waals surface area contributed by atoms with Crippen LogP contribution in [0.15, 0.2) is 79.1 Å². The molecule has 3 aliphatic heterocycles. The number of rotatable bonds is 13. The standard InChI is InChI=1S/C38H39Cl2N3O8/c1-47-28-11-6-24(7-12-28)36(38(45)51-35-22-42-16-14-23(35)15-17-42)41-27-9-4-25(5-10-27)37(44)50-33(19-29-30(39)20-43(46)21-31(29)40)26-8-13-32(48-2)34(18-26)49-3/h4-13,18,20-21,23,33,35-36,41H,14-17,19,22H2,1-3H3/t33?,35-,36?/m0/s1. The summed E-state index contributed by atoms with van der Waals surface area (Å²) in [5.41, 5.74) is 2.61. The normalized spacial score (nSPS) is 19.0. The van der Waals surface area contributed by atoms with Gasteiger partial charge in [-0.1, -0.05) is 41.4 Å². The number of nitrogens with zero attached hydrogens (tertiary/aromatic N) is 2. The van der Waals surface area contributed by atoms with E-state index in [1.54, 1.807) is 61.7 Å². The Morgan fingerprint density at radius 1 is 0.882 bits per heavy atom. The first-order valence-corrected chi connectivity index (χ1v) is 17.3. The largest absolute Gasteiger partial charge is 0.619 e. The van der Waals surface area contributed by atoms with E-state index in [9.17, 15) is 14.8 Å². The van der Waals surface area contributed by atoms with Crippen LogP contribution in [0.5, 0.6) is 17.2 Å². The quantitative estimate of drug-likeness (QED) is 0.0915. The molecule has 3 aromatic carbocycles. The number of anilines is 1. The van der Waals surface area contributed by atoms with Crippen molar-refractivity contribution in [2.75, 3.05) is 46.3 Å². The van der Waals surface area contributed by atoms with Gasteiger partial charge in [-0.05, 0) is 91.5 Å². The number of ether oxygens (including phenoxy) is 5. The van der Waals surface area contributed by atoms with Crippen molar-refractivity contribution in [3.8, 4) is 17.2 Å². The predicted octanol–water partition coefficient (Wildman–Crippen LogP) is 6.58. The molecular formula is C38H39Cl2N3O8. The van der Waals surface area contributed by atoms with Gasteiger partial charge in [0.05, 0.1) is 26.9 Å². The summed E-state index contributed by atoms with van der Waals surface area (Å²) in [7, 11) is 4.62. The van der Waals surface area contributed by atoms with Crippen LogP contribution in [0.4, 0.5) is 5.69 Å². The van der Waals surface area contributed by atoms with Gasteiger partial charge >= 0.3 is 11.9 Å². The summed E-state index contributed by atoms with van der Waals surface area (Å²) < 4.78 is 28.9. The van der Waals surface area contributed by atoms with Crippen molar-refractivity contribution in [1.29, 1.82) is 0 Å². The molecule has 2 bridgehead atoms. The van der Waals surface area contributed by atoms with Crippen molar-refractivity contribution >= 4 is 40.8 Å². The highest BCUT2D eigenvalue weighted by molar-refractivity contribution is 6.35. The number of nitrogens with one attached hydrogen (secondary N) is 1. The lowest BCUT2D eigenvalue weighted by Crippen LogP contribution is -2.52.